The molecule has 0 radical (unpaired) electrons. The van der Waals surface area contributed by atoms with Crippen LogP contribution in [-0.2, 0) is 13.1 Å². The summed E-state index contributed by atoms with van der Waals surface area (Å²) < 4.78 is 16.2. The number of aromatic nitrogens is 2. The van der Waals surface area contributed by atoms with Crippen molar-refractivity contribution >= 4 is 15.9 Å². The number of hydrogen-bond donors (Lipinski definition) is 1. The predicted octanol–water partition coefficient (Wildman–Crippen LogP) is 3.58. The SMILES string of the molecule is CC(C)CNCc1nccn1Cc1cc(F)cc(Br)c1. The van der Waals surface area contributed by atoms with Crippen molar-refractivity contribution in [3.05, 3.63) is 52.3 Å². The Balaban J connectivity index is 2.04. The second kappa shape index (κ2) is 6.99. The van der Waals surface area contributed by atoms with Crippen LogP contribution >= 0.6 is 15.9 Å². The minimum atomic E-state index is -0.228. The molecule has 0 aliphatic carbocycles. The lowest BCUT2D eigenvalue weighted by Gasteiger charge is -2.10. The Hall–Kier alpha value is -1.20. The van der Waals surface area contributed by atoms with Gasteiger partial charge in [0, 0.05) is 23.4 Å². The van der Waals surface area contributed by atoms with Gasteiger partial charge in [0.2, 0.25) is 0 Å². The van der Waals surface area contributed by atoms with Gasteiger partial charge in [-0.05, 0) is 36.2 Å². The molecule has 0 aliphatic heterocycles. The Morgan fingerprint density at radius 3 is 2.85 bits per heavy atom. The van der Waals surface area contributed by atoms with E-state index in [4.69, 9.17) is 0 Å². The third-order valence-corrected chi connectivity index (χ3v) is 3.37. The molecule has 20 heavy (non-hydrogen) atoms. The molecule has 0 aliphatic rings. The molecule has 0 amide bonds. The van der Waals surface area contributed by atoms with Crippen LogP contribution in [0, 0.1) is 11.7 Å². The predicted molar refractivity (Wildman–Crippen MR) is 82.0 cm³/mol. The first-order chi connectivity index (χ1) is 9.54. The molecule has 0 bridgehead atoms. The minimum Gasteiger partial charge on any atom is -0.329 e. The monoisotopic (exact) mass is 339 g/mol. The van der Waals surface area contributed by atoms with Crippen LogP contribution in [0.5, 0.6) is 0 Å². The summed E-state index contributed by atoms with van der Waals surface area (Å²) in [5.41, 5.74) is 0.917. The summed E-state index contributed by atoms with van der Waals surface area (Å²) in [5, 5.41) is 3.37. The van der Waals surface area contributed by atoms with E-state index in [1.165, 1.54) is 6.07 Å². The van der Waals surface area contributed by atoms with E-state index in [2.05, 4.69) is 40.1 Å². The first-order valence-corrected chi connectivity index (χ1v) is 7.49. The fourth-order valence-electron chi connectivity index (χ4n) is 2.02. The third kappa shape index (κ3) is 4.42. The number of imidazole rings is 1. The van der Waals surface area contributed by atoms with Crippen LogP contribution in [0.2, 0.25) is 0 Å². The van der Waals surface area contributed by atoms with Gasteiger partial charge in [-0.2, -0.15) is 0 Å². The van der Waals surface area contributed by atoms with Gasteiger partial charge in [-0.25, -0.2) is 9.37 Å². The third-order valence-electron chi connectivity index (χ3n) is 2.91. The average molecular weight is 340 g/mol. The van der Waals surface area contributed by atoms with Crippen LogP contribution in [0.3, 0.4) is 0 Å². The second-order valence-electron chi connectivity index (χ2n) is 5.27. The molecule has 0 unspecified atom stereocenters. The summed E-state index contributed by atoms with van der Waals surface area (Å²) in [4.78, 5) is 4.35. The minimum absolute atomic E-state index is 0.228. The van der Waals surface area contributed by atoms with Gasteiger partial charge in [-0.15, -0.1) is 0 Å². The standard InChI is InChI=1S/C15H19BrFN3/c1-11(2)8-18-9-15-19-3-4-20(15)10-12-5-13(16)7-14(17)6-12/h3-7,11,18H,8-10H2,1-2H3. The molecule has 108 valence electrons. The summed E-state index contributed by atoms with van der Waals surface area (Å²) in [7, 11) is 0. The highest BCUT2D eigenvalue weighted by molar-refractivity contribution is 9.10. The van der Waals surface area contributed by atoms with E-state index in [9.17, 15) is 4.39 Å². The summed E-state index contributed by atoms with van der Waals surface area (Å²) >= 11 is 3.32. The normalized spacial score (nSPS) is 11.2. The van der Waals surface area contributed by atoms with Crippen molar-refractivity contribution in [2.24, 2.45) is 5.92 Å². The number of benzene rings is 1. The lowest BCUT2D eigenvalue weighted by Crippen LogP contribution is -2.21. The van der Waals surface area contributed by atoms with Crippen LogP contribution in [0.1, 0.15) is 25.2 Å². The zero-order valence-corrected chi connectivity index (χ0v) is 13.3. The maximum absolute atomic E-state index is 13.4. The zero-order valence-electron chi connectivity index (χ0n) is 11.7. The van der Waals surface area contributed by atoms with Gasteiger partial charge in [0.25, 0.3) is 0 Å². The highest BCUT2D eigenvalue weighted by Gasteiger charge is 2.05. The van der Waals surface area contributed by atoms with E-state index >= 15 is 0 Å². The fourth-order valence-corrected chi connectivity index (χ4v) is 2.54. The summed E-state index contributed by atoms with van der Waals surface area (Å²) in [6, 6.07) is 4.94. The molecule has 3 nitrogen and oxygen atoms in total. The molecule has 1 heterocycles. The van der Waals surface area contributed by atoms with Gasteiger partial charge >= 0.3 is 0 Å². The summed E-state index contributed by atoms with van der Waals surface area (Å²) in [6.45, 7) is 6.64. The summed E-state index contributed by atoms with van der Waals surface area (Å²) in [5.74, 6) is 1.34. The number of rotatable bonds is 6. The molecule has 1 N–H and O–H groups in total. The topological polar surface area (TPSA) is 29.9 Å². The Kier molecular flexibility index (Phi) is 5.31. The van der Waals surface area contributed by atoms with Crippen molar-refractivity contribution in [1.82, 2.24) is 14.9 Å². The van der Waals surface area contributed by atoms with E-state index in [0.717, 1.165) is 29.0 Å². The molecular formula is C15H19BrFN3. The zero-order chi connectivity index (χ0) is 14.5. The lowest BCUT2D eigenvalue weighted by molar-refractivity contribution is 0.532. The molecule has 1 aromatic heterocycles. The Labute approximate surface area is 127 Å². The van der Waals surface area contributed by atoms with E-state index in [0.29, 0.717) is 12.5 Å². The molecule has 2 rings (SSSR count). The fraction of sp³-hybridized carbons (Fsp3) is 0.400. The van der Waals surface area contributed by atoms with Crippen LogP contribution < -0.4 is 5.32 Å². The van der Waals surface area contributed by atoms with Crippen LogP contribution in [0.15, 0.2) is 35.1 Å². The molecule has 0 fully saturated rings. The Morgan fingerprint density at radius 1 is 1.35 bits per heavy atom. The van der Waals surface area contributed by atoms with Gasteiger partial charge in [0.1, 0.15) is 11.6 Å². The smallest absolute Gasteiger partial charge is 0.124 e. The molecule has 0 saturated carbocycles. The highest BCUT2D eigenvalue weighted by Crippen LogP contribution is 2.16. The number of hydrogen-bond acceptors (Lipinski definition) is 2. The van der Waals surface area contributed by atoms with Gasteiger partial charge in [0.05, 0.1) is 6.54 Å². The van der Waals surface area contributed by atoms with Crippen LogP contribution in [0.4, 0.5) is 4.39 Å². The van der Waals surface area contributed by atoms with Gasteiger partial charge in [0.15, 0.2) is 0 Å². The van der Waals surface area contributed by atoms with Crippen molar-refractivity contribution in [3.63, 3.8) is 0 Å². The second-order valence-corrected chi connectivity index (χ2v) is 6.19. The molecule has 5 heteroatoms. The maximum atomic E-state index is 13.4. The van der Waals surface area contributed by atoms with Crippen molar-refractivity contribution in [3.8, 4) is 0 Å². The Morgan fingerprint density at radius 2 is 2.15 bits per heavy atom. The van der Waals surface area contributed by atoms with Crippen LogP contribution in [-0.4, -0.2) is 16.1 Å². The molecule has 0 spiro atoms. The number of nitrogens with zero attached hydrogens (tertiary/aromatic N) is 2. The van der Waals surface area contributed by atoms with E-state index < -0.39 is 0 Å². The number of halogens is 2. The average Bonchev–Trinajstić information content (AvgIpc) is 2.75. The highest BCUT2D eigenvalue weighted by atomic mass is 79.9. The van der Waals surface area contributed by atoms with E-state index in [1.54, 1.807) is 12.3 Å². The number of nitrogens with one attached hydrogen (secondary N) is 1. The van der Waals surface area contributed by atoms with Crippen LogP contribution in [0.25, 0.3) is 0 Å². The lowest BCUT2D eigenvalue weighted by atomic mass is 10.2. The molecule has 1 aromatic carbocycles. The van der Waals surface area contributed by atoms with Crippen molar-refractivity contribution in [1.29, 1.82) is 0 Å². The first kappa shape index (κ1) is 15.2. The quantitative estimate of drug-likeness (QED) is 0.871. The van der Waals surface area contributed by atoms with Gasteiger partial charge < -0.3 is 9.88 Å². The van der Waals surface area contributed by atoms with Gasteiger partial charge in [-0.1, -0.05) is 29.8 Å². The van der Waals surface area contributed by atoms with E-state index in [1.807, 2.05) is 16.8 Å². The maximum Gasteiger partial charge on any atom is 0.124 e. The van der Waals surface area contributed by atoms with Crippen molar-refractivity contribution in [2.45, 2.75) is 26.9 Å². The first-order valence-electron chi connectivity index (χ1n) is 6.70. The summed E-state index contributed by atoms with van der Waals surface area (Å²) in [6.07, 6.45) is 3.70. The molecule has 0 atom stereocenters. The molecular weight excluding hydrogens is 321 g/mol. The largest absolute Gasteiger partial charge is 0.329 e. The Bertz CT molecular complexity index is 546. The van der Waals surface area contributed by atoms with Gasteiger partial charge in [-0.3, -0.25) is 0 Å². The van der Waals surface area contributed by atoms with Crippen molar-refractivity contribution < 1.29 is 4.39 Å². The molecule has 2 aromatic rings. The van der Waals surface area contributed by atoms with E-state index in [-0.39, 0.29) is 5.82 Å². The molecule has 0 saturated heterocycles. The van der Waals surface area contributed by atoms with Crippen molar-refractivity contribution in [2.75, 3.05) is 6.54 Å².